The van der Waals surface area contributed by atoms with Crippen LogP contribution in [0.4, 0.5) is 0 Å². The number of nitrogens with zero attached hydrogens (tertiary/aromatic N) is 1. The minimum absolute atomic E-state index is 0. The van der Waals surface area contributed by atoms with Crippen LogP contribution in [-0.4, -0.2) is 15.9 Å². The van der Waals surface area contributed by atoms with Gasteiger partial charge in [-0.15, -0.1) is 40.5 Å². The van der Waals surface area contributed by atoms with E-state index in [1.54, 1.807) is 0 Å². The predicted octanol–water partition coefficient (Wildman–Crippen LogP) is 12.0. The molecule has 0 saturated heterocycles. The zero-order valence-corrected chi connectivity index (χ0v) is 33.1. The Bertz CT molecular complexity index is 1700. The van der Waals surface area contributed by atoms with E-state index in [1.807, 2.05) is 45.2 Å². The van der Waals surface area contributed by atoms with Crippen LogP contribution in [0.1, 0.15) is 124 Å². The topological polar surface area (TPSA) is 50.2 Å². The summed E-state index contributed by atoms with van der Waals surface area (Å²) in [4.78, 5) is 18.1. The summed E-state index contributed by atoms with van der Waals surface area (Å²) in [5.74, 6) is 0.547. The first-order valence-corrected chi connectivity index (χ1v) is 17.7. The van der Waals surface area contributed by atoms with Gasteiger partial charge >= 0.3 is 0 Å². The Labute approximate surface area is 295 Å². The standard InChI is InChI=1S/C28H30NS.C13H24O2.Ir/c1-26(2,3)21-15-18(14-17-10-8-9-11-19(17)21)23-24-20(12-13-29-23)22-25(30-24)28(6,7)16-27(22,4)5;1-5-10(6-2)12(14)9-13(15)11(7-3)8-4;/h8-13,15H,16H2,1-7H3;9-11,14H,5-8H2,1-4H3;/q-1;;/b;12-9-;. The first-order chi connectivity index (χ1) is 21.1. The van der Waals surface area contributed by atoms with E-state index in [4.69, 9.17) is 4.98 Å². The van der Waals surface area contributed by atoms with E-state index >= 15 is 0 Å². The van der Waals surface area contributed by atoms with Gasteiger partial charge in [0.05, 0.1) is 5.76 Å². The summed E-state index contributed by atoms with van der Waals surface area (Å²) in [5.41, 5.74) is 5.54. The SMILES string of the molecule is CC(C)(C)c1cc(-c2nccc3c4c(sc23)C(C)(C)CC4(C)C)[c-]c2ccccc12.CCC(CC)C(=O)/C=C(\O)C(CC)CC.[Ir]. The Morgan fingerprint density at radius 3 is 2.15 bits per heavy atom. The second kappa shape index (κ2) is 14.8. The van der Waals surface area contributed by atoms with Gasteiger partial charge in [0.25, 0.3) is 0 Å². The summed E-state index contributed by atoms with van der Waals surface area (Å²) in [7, 11) is 0. The second-order valence-electron chi connectivity index (χ2n) is 15.2. The monoisotopic (exact) mass is 817 g/mol. The van der Waals surface area contributed by atoms with Crippen LogP contribution in [0.25, 0.3) is 32.1 Å². The zero-order chi connectivity index (χ0) is 33.3. The number of aromatic nitrogens is 1. The van der Waals surface area contributed by atoms with Gasteiger partial charge in [0.2, 0.25) is 0 Å². The summed E-state index contributed by atoms with van der Waals surface area (Å²) in [6, 6.07) is 16.9. The Balaban J connectivity index is 0.000000309. The average molecular weight is 817 g/mol. The fraction of sp³-hybridized carbons (Fsp3) is 0.512. The molecule has 0 amide bonds. The molecule has 5 heteroatoms. The minimum Gasteiger partial charge on any atom is -0.512 e. The van der Waals surface area contributed by atoms with Crippen molar-refractivity contribution in [1.82, 2.24) is 4.98 Å². The number of benzene rings is 2. The Hall–Kier alpha value is -2.33. The van der Waals surface area contributed by atoms with Crippen LogP contribution < -0.4 is 0 Å². The maximum Gasteiger partial charge on any atom is 0.162 e. The molecule has 0 bridgehead atoms. The van der Waals surface area contributed by atoms with E-state index in [1.165, 1.54) is 49.4 Å². The van der Waals surface area contributed by atoms with E-state index < -0.39 is 0 Å². The van der Waals surface area contributed by atoms with Crippen LogP contribution in [0.15, 0.2) is 54.4 Å². The van der Waals surface area contributed by atoms with Crippen molar-refractivity contribution in [1.29, 1.82) is 0 Å². The van der Waals surface area contributed by atoms with Gasteiger partial charge in [-0.1, -0.05) is 105 Å². The molecule has 2 heterocycles. The van der Waals surface area contributed by atoms with Crippen molar-refractivity contribution >= 4 is 38.0 Å². The van der Waals surface area contributed by atoms with Crippen LogP contribution in [0.2, 0.25) is 0 Å². The molecular weight excluding hydrogens is 763 g/mol. The van der Waals surface area contributed by atoms with Gasteiger partial charge in [-0.05, 0) is 60.0 Å². The molecule has 1 aliphatic rings. The van der Waals surface area contributed by atoms with Crippen molar-refractivity contribution in [2.45, 2.75) is 125 Å². The zero-order valence-electron chi connectivity index (χ0n) is 29.9. The number of allylic oxidation sites excluding steroid dienone is 2. The number of aliphatic hydroxyl groups excluding tert-OH is 1. The summed E-state index contributed by atoms with van der Waals surface area (Å²) < 4.78 is 1.31. The fourth-order valence-corrected chi connectivity index (χ4v) is 8.98. The number of fused-ring (bicyclic) bond motifs is 4. The van der Waals surface area contributed by atoms with Crippen molar-refractivity contribution < 1.29 is 30.0 Å². The molecule has 0 fully saturated rings. The average Bonchev–Trinajstić information content (AvgIpc) is 3.47. The Morgan fingerprint density at radius 2 is 1.57 bits per heavy atom. The van der Waals surface area contributed by atoms with Gasteiger partial charge < -0.3 is 5.11 Å². The second-order valence-corrected chi connectivity index (χ2v) is 16.2. The maximum absolute atomic E-state index is 11.7. The van der Waals surface area contributed by atoms with Gasteiger partial charge in [0, 0.05) is 64.9 Å². The molecule has 1 N–H and O–H groups in total. The van der Waals surface area contributed by atoms with Crippen LogP contribution in [0.3, 0.4) is 0 Å². The molecule has 0 unspecified atom stereocenters. The van der Waals surface area contributed by atoms with Crippen molar-refractivity contribution in [3.8, 4) is 11.3 Å². The fourth-order valence-electron chi connectivity index (χ4n) is 7.40. The maximum atomic E-state index is 11.7. The van der Waals surface area contributed by atoms with Crippen LogP contribution in [0, 0.1) is 17.9 Å². The number of thiophene rings is 1. The van der Waals surface area contributed by atoms with Gasteiger partial charge in [0.15, 0.2) is 5.78 Å². The van der Waals surface area contributed by atoms with E-state index in [9.17, 15) is 9.90 Å². The molecule has 2 aromatic heterocycles. The summed E-state index contributed by atoms with van der Waals surface area (Å²) in [6.07, 6.45) is 8.10. The molecule has 0 saturated carbocycles. The van der Waals surface area contributed by atoms with Crippen LogP contribution in [-0.2, 0) is 41.1 Å². The normalized spacial score (nSPS) is 15.5. The van der Waals surface area contributed by atoms with E-state index in [0.717, 1.165) is 36.9 Å². The largest absolute Gasteiger partial charge is 0.512 e. The molecular formula is C41H54IrNO2S-. The molecule has 251 valence electrons. The van der Waals surface area contributed by atoms with Crippen molar-refractivity contribution in [3.05, 3.63) is 76.5 Å². The third kappa shape index (κ3) is 7.69. The van der Waals surface area contributed by atoms with Crippen molar-refractivity contribution in [3.63, 3.8) is 0 Å². The molecule has 4 aromatic rings. The summed E-state index contributed by atoms with van der Waals surface area (Å²) in [5, 5.41) is 13.6. The van der Waals surface area contributed by atoms with Gasteiger partial charge in [0.1, 0.15) is 0 Å². The smallest absolute Gasteiger partial charge is 0.162 e. The molecule has 0 atom stereocenters. The van der Waals surface area contributed by atoms with E-state index in [2.05, 4.69) is 90.9 Å². The van der Waals surface area contributed by atoms with E-state index in [-0.39, 0.29) is 59.7 Å². The quantitative estimate of drug-likeness (QED) is 0.109. The molecule has 1 aliphatic carbocycles. The van der Waals surface area contributed by atoms with Gasteiger partial charge in [-0.3, -0.25) is 9.78 Å². The Morgan fingerprint density at radius 1 is 0.957 bits per heavy atom. The number of aliphatic hydroxyl groups is 1. The number of pyridine rings is 1. The summed E-state index contributed by atoms with van der Waals surface area (Å²) >= 11 is 1.95. The van der Waals surface area contributed by atoms with Crippen LogP contribution in [0.5, 0.6) is 0 Å². The molecule has 2 aromatic carbocycles. The first-order valence-electron chi connectivity index (χ1n) is 16.9. The molecule has 0 aliphatic heterocycles. The summed E-state index contributed by atoms with van der Waals surface area (Å²) in [6.45, 7) is 24.5. The number of carbonyl (C=O) groups is 1. The Kier molecular flexibility index (Phi) is 12.3. The minimum atomic E-state index is 0. The molecule has 46 heavy (non-hydrogen) atoms. The third-order valence-corrected chi connectivity index (χ3v) is 11.3. The van der Waals surface area contributed by atoms with E-state index in [0.29, 0.717) is 0 Å². The molecule has 3 nitrogen and oxygen atoms in total. The number of carbonyl (C=O) groups excluding carboxylic acids is 1. The number of hydrogen-bond donors (Lipinski definition) is 1. The van der Waals surface area contributed by atoms with Crippen LogP contribution >= 0.6 is 11.3 Å². The number of rotatable bonds is 8. The third-order valence-electron chi connectivity index (χ3n) is 9.70. The van der Waals surface area contributed by atoms with Gasteiger partial charge in [-0.2, -0.15) is 0 Å². The first kappa shape index (κ1) is 38.1. The van der Waals surface area contributed by atoms with Gasteiger partial charge in [-0.25, -0.2) is 0 Å². The van der Waals surface area contributed by atoms with Crippen molar-refractivity contribution in [2.75, 3.05) is 0 Å². The predicted molar refractivity (Wildman–Crippen MR) is 195 cm³/mol. The molecule has 5 rings (SSSR count). The number of hydrogen-bond acceptors (Lipinski definition) is 4. The van der Waals surface area contributed by atoms with Crippen molar-refractivity contribution in [2.24, 2.45) is 11.8 Å². The molecule has 0 spiro atoms. The molecule has 1 radical (unpaired) electrons. The number of ketones is 1.